The number of nitrogens with two attached hydrogens (primary N) is 1. The Morgan fingerprint density at radius 3 is 2.57 bits per heavy atom. The Hall–Kier alpha value is -2.20. The number of rotatable bonds is 4. The molecule has 0 amide bonds. The van der Waals surface area contributed by atoms with Gasteiger partial charge in [0.15, 0.2) is 0 Å². The maximum atomic E-state index is 14.1. The van der Waals surface area contributed by atoms with E-state index in [1.807, 2.05) is 23.6 Å². The average molecular weight is 311 g/mol. The molecule has 4 heteroatoms. The van der Waals surface area contributed by atoms with E-state index in [0.29, 0.717) is 12.1 Å². The minimum absolute atomic E-state index is 0.158. The highest BCUT2D eigenvalue weighted by Gasteiger charge is 2.17. The molecule has 3 aromatic rings. The summed E-state index contributed by atoms with van der Waals surface area (Å²) in [4.78, 5) is 4.73. The zero-order valence-electron chi connectivity index (χ0n) is 13.8. The number of aromatic nitrogens is 2. The summed E-state index contributed by atoms with van der Waals surface area (Å²) in [5.41, 5.74) is 11.2. The van der Waals surface area contributed by atoms with E-state index in [1.54, 1.807) is 6.07 Å². The fourth-order valence-corrected chi connectivity index (χ4v) is 2.83. The van der Waals surface area contributed by atoms with Gasteiger partial charge in [0.1, 0.15) is 11.6 Å². The molecule has 1 unspecified atom stereocenters. The van der Waals surface area contributed by atoms with E-state index in [0.717, 1.165) is 23.3 Å². The molecular weight excluding hydrogens is 289 g/mol. The van der Waals surface area contributed by atoms with Crippen LogP contribution in [0.3, 0.4) is 0 Å². The van der Waals surface area contributed by atoms with Crippen LogP contribution in [0.15, 0.2) is 36.4 Å². The van der Waals surface area contributed by atoms with Gasteiger partial charge in [0, 0.05) is 5.56 Å². The van der Waals surface area contributed by atoms with E-state index in [9.17, 15) is 4.39 Å². The molecule has 0 aliphatic carbocycles. The standard InChI is InChI=1S/C19H22FN3/c1-4-16(21)19-22-17-9-12(2)13(3)10-18(17)23(19)11-14-7-5-6-8-15(14)20/h5-10,16H,4,11,21H2,1-3H3. The van der Waals surface area contributed by atoms with Gasteiger partial charge in [-0.15, -0.1) is 0 Å². The third-order valence-electron chi connectivity index (χ3n) is 4.45. The SMILES string of the molecule is CCC(N)c1nc2cc(C)c(C)cc2n1Cc1ccccc1F. The molecule has 0 bridgehead atoms. The Morgan fingerprint density at radius 2 is 1.87 bits per heavy atom. The Labute approximate surface area is 136 Å². The topological polar surface area (TPSA) is 43.8 Å². The molecule has 3 rings (SSSR count). The first-order chi connectivity index (χ1) is 11.0. The van der Waals surface area contributed by atoms with E-state index in [2.05, 4.69) is 26.0 Å². The number of fused-ring (bicyclic) bond motifs is 1. The predicted molar refractivity (Wildman–Crippen MR) is 91.9 cm³/mol. The first-order valence-electron chi connectivity index (χ1n) is 7.97. The fourth-order valence-electron chi connectivity index (χ4n) is 2.83. The number of benzene rings is 2. The van der Waals surface area contributed by atoms with Crippen LogP contribution in [0.2, 0.25) is 0 Å². The van der Waals surface area contributed by atoms with Crippen LogP contribution in [0.5, 0.6) is 0 Å². The van der Waals surface area contributed by atoms with Crippen molar-refractivity contribution in [3.63, 3.8) is 0 Å². The lowest BCUT2D eigenvalue weighted by Gasteiger charge is -2.14. The van der Waals surface area contributed by atoms with Gasteiger partial charge in [-0.05, 0) is 49.6 Å². The van der Waals surface area contributed by atoms with Crippen LogP contribution in [-0.4, -0.2) is 9.55 Å². The largest absolute Gasteiger partial charge is 0.322 e. The molecule has 2 N–H and O–H groups in total. The number of aryl methyl sites for hydroxylation is 2. The van der Waals surface area contributed by atoms with Crippen LogP contribution in [0, 0.1) is 19.7 Å². The molecule has 1 heterocycles. The molecule has 0 saturated carbocycles. The van der Waals surface area contributed by atoms with Gasteiger partial charge in [0.05, 0.1) is 23.6 Å². The van der Waals surface area contributed by atoms with E-state index < -0.39 is 0 Å². The molecule has 3 nitrogen and oxygen atoms in total. The molecule has 120 valence electrons. The maximum Gasteiger partial charge on any atom is 0.128 e. The molecule has 0 fully saturated rings. The molecule has 1 aromatic heterocycles. The van der Waals surface area contributed by atoms with Crippen molar-refractivity contribution >= 4 is 11.0 Å². The highest BCUT2D eigenvalue weighted by Crippen LogP contribution is 2.26. The van der Waals surface area contributed by atoms with Crippen molar-refractivity contribution in [3.8, 4) is 0 Å². The van der Waals surface area contributed by atoms with Crippen molar-refractivity contribution in [3.05, 3.63) is 64.7 Å². The van der Waals surface area contributed by atoms with E-state index >= 15 is 0 Å². The van der Waals surface area contributed by atoms with Crippen LogP contribution in [-0.2, 0) is 6.54 Å². The molecular formula is C19H22FN3. The van der Waals surface area contributed by atoms with Crippen LogP contribution in [0.4, 0.5) is 4.39 Å². The molecule has 0 aliphatic rings. The summed E-state index contributed by atoms with van der Waals surface area (Å²) in [6.45, 7) is 6.63. The van der Waals surface area contributed by atoms with Crippen molar-refractivity contribution in [1.82, 2.24) is 9.55 Å². The van der Waals surface area contributed by atoms with Crippen molar-refractivity contribution in [2.75, 3.05) is 0 Å². The van der Waals surface area contributed by atoms with Gasteiger partial charge >= 0.3 is 0 Å². The number of nitrogens with zero attached hydrogens (tertiary/aromatic N) is 2. The Balaban J connectivity index is 2.19. The number of imidazole rings is 1. The van der Waals surface area contributed by atoms with Gasteiger partial charge in [-0.2, -0.15) is 0 Å². The van der Waals surface area contributed by atoms with E-state index in [-0.39, 0.29) is 11.9 Å². The normalized spacial score (nSPS) is 12.7. The Bertz CT molecular complexity index is 851. The van der Waals surface area contributed by atoms with Crippen LogP contribution >= 0.6 is 0 Å². The zero-order chi connectivity index (χ0) is 16.6. The van der Waals surface area contributed by atoms with Crippen molar-refractivity contribution in [1.29, 1.82) is 0 Å². The van der Waals surface area contributed by atoms with Gasteiger partial charge in [-0.25, -0.2) is 9.37 Å². The second kappa shape index (κ2) is 6.13. The summed E-state index contributed by atoms with van der Waals surface area (Å²) in [5.74, 6) is 0.616. The summed E-state index contributed by atoms with van der Waals surface area (Å²) in [6, 6.07) is 10.9. The summed E-state index contributed by atoms with van der Waals surface area (Å²) in [7, 11) is 0. The second-order valence-corrected chi connectivity index (χ2v) is 6.09. The van der Waals surface area contributed by atoms with Gasteiger partial charge in [-0.1, -0.05) is 25.1 Å². The molecule has 2 aromatic carbocycles. The summed E-state index contributed by atoms with van der Waals surface area (Å²) in [5, 5.41) is 0. The molecule has 0 aliphatic heterocycles. The Morgan fingerprint density at radius 1 is 1.17 bits per heavy atom. The quantitative estimate of drug-likeness (QED) is 0.783. The lowest BCUT2D eigenvalue weighted by atomic mass is 10.1. The highest BCUT2D eigenvalue weighted by atomic mass is 19.1. The van der Waals surface area contributed by atoms with E-state index in [4.69, 9.17) is 10.7 Å². The van der Waals surface area contributed by atoms with Gasteiger partial charge in [0.2, 0.25) is 0 Å². The smallest absolute Gasteiger partial charge is 0.128 e. The van der Waals surface area contributed by atoms with Crippen LogP contribution in [0.25, 0.3) is 11.0 Å². The minimum atomic E-state index is -0.200. The maximum absolute atomic E-state index is 14.1. The first kappa shape index (κ1) is 15.7. The Kier molecular flexibility index (Phi) is 4.18. The summed E-state index contributed by atoms with van der Waals surface area (Å²) >= 11 is 0. The van der Waals surface area contributed by atoms with Crippen LogP contribution in [0.1, 0.15) is 41.9 Å². The third kappa shape index (κ3) is 2.86. The summed E-state index contributed by atoms with van der Waals surface area (Å²) < 4.78 is 16.1. The highest BCUT2D eigenvalue weighted by molar-refractivity contribution is 5.78. The minimum Gasteiger partial charge on any atom is -0.322 e. The third-order valence-corrected chi connectivity index (χ3v) is 4.45. The predicted octanol–water partition coefficient (Wildman–Crippen LogP) is 4.25. The van der Waals surface area contributed by atoms with Gasteiger partial charge in [-0.3, -0.25) is 0 Å². The average Bonchev–Trinajstić information content (AvgIpc) is 2.87. The monoisotopic (exact) mass is 311 g/mol. The van der Waals surface area contributed by atoms with Gasteiger partial charge in [0.25, 0.3) is 0 Å². The van der Waals surface area contributed by atoms with Crippen molar-refractivity contribution in [2.24, 2.45) is 5.73 Å². The van der Waals surface area contributed by atoms with Crippen molar-refractivity contribution in [2.45, 2.75) is 39.8 Å². The first-order valence-corrected chi connectivity index (χ1v) is 7.97. The van der Waals surface area contributed by atoms with Crippen molar-refractivity contribution < 1.29 is 4.39 Å². The molecule has 1 atom stereocenters. The molecule has 23 heavy (non-hydrogen) atoms. The number of hydrogen-bond donors (Lipinski definition) is 1. The zero-order valence-corrected chi connectivity index (χ0v) is 13.8. The summed E-state index contributed by atoms with van der Waals surface area (Å²) in [6.07, 6.45) is 0.790. The lowest BCUT2D eigenvalue weighted by molar-refractivity contribution is 0.576. The van der Waals surface area contributed by atoms with E-state index in [1.165, 1.54) is 17.2 Å². The molecule has 0 radical (unpaired) electrons. The lowest BCUT2D eigenvalue weighted by Crippen LogP contribution is -2.16. The number of hydrogen-bond acceptors (Lipinski definition) is 2. The fraction of sp³-hybridized carbons (Fsp3) is 0.316. The molecule has 0 spiro atoms. The second-order valence-electron chi connectivity index (χ2n) is 6.09. The molecule has 0 saturated heterocycles. The van der Waals surface area contributed by atoms with Gasteiger partial charge < -0.3 is 10.3 Å². The number of halogens is 1. The van der Waals surface area contributed by atoms with Crippen LogP contribution < -0.4 is 5.73 Å².